The zero-order valence-corrected chi connectivity index (χ0v) is 20.2. The summed E-state index contributed by atoms with van der Waals surface area (Å²) in [5, 5.41) is 2.15. The van der Waals surface area contributed by atoms with E-state index in [9.17, 15) is 0 Å². The van der Waals surface area contributed by atoms with Crippen LogP contribution in [-0.2, 0) is 9.31 Å². The van der Waals surface area contributed by atoms with Gasteiger partial charge in [0.1, 0.15) is 11.2 Å². The molecule has 3 aromatic carbocycles. The van der Waals surface area contributed by atoms with Gasteiger partial charge in [-0.3, -0.25) is 0 Å². The Hall–Kier alpha value is -3.08. The second-order valence-electron chi connectivity index (χ2n) is 10.3. The highest BCUT2D eigenvalue weighted by molar-refractivity contribution is 6.66. The van der Waals surface area contributed by atoms with Gasteiger partial charge in [-0.05, 0) is 92.5 Å². The fourth-order valence-corrected chi connectivity index (χ4v) is 4.91. The minimum atomic E-state index is -0.438. The second kappa shape index (κ2) is 7.73. The summed E-state index contributed by atoms with van der Waals surface area (Å²) >= 11 is 0. The molecule has 4 aromatic rings. The molecule has 0 N–H and O–H groups in total. The van der Waals surface area contributed by atoms with Crippen LogP contribution >= 0.6 is 0 Å². The van der Waals surface area contributed by atoms with Crippen LogP contribution in [0, 0.1) is 0 Å². The van der Waals surface area contributed by atoms with E-state index in [1.807, 2.05) is 12.1 Å². The number of hydrogen-bond donors (Lipinski definition) is 0. The molecule has 3 nitrogen and oxygen atoms in total. The third kappa shape index (κ3) is 3.44. The van der Waals surface area contributed by atoms with Crippen molar-refractivity contribution >= 4 is 40.1 Å². The molecule has 0 amide bonds. The van der Waals surface area contributed by atoms with Crippen LogP contribution in [0.2, 0.25) is 0 Å². The number of allylic oxidation sites excluding steroid dienone is 4. The van der Waals surface area contributed by atoms with E-state index >= 15 is 0 Å². The van der Waals surface area contributed by atoms with Gasteiger partial charge in [-0.1, -0.05) is 54.6 Å². The van der Waals surface area contributed by atoms with Crippen LogP contribution in [0.5, 0.6) is 0 Å². The van der Waals surface area contributed by atoms with Crippen LogP contribution in [0.3, 0.4) is 0 Å². The van der Waals surface area contributed by atoms with Gasteiger partial charge in [-0.25, -0.2) is 0 Å². The van der Waals surface area contributed by atoms with Crippen molar-refractivity contribution in [2.75, 3.05) is 0 Å². The highest BCUT2D eigenvalue weighted by Gasteiger charge is 2.52. The zero-order valence-electron chi connectivity index (χ0n) is 20.2. The number of hydrogen-bond acceptors (Lipinski definition) is 3. The first-order valence-corrected chi connectivity index (χ1v) is 12.1. The first-order chi connectivity index (χ1) is 16.3. The normalized spacial score (nSPS) is 19.2. The van der Waals surface area contributed by atoms with Gasteiger partial charge in [0.25, 0.3) is 0 Å². The molecule has 1 aliphatic heterocycles. The van der Waals surface area contributed by atoms with Gasteiger partial charge in [0.2, 0.25) is 0 Å². The molecule has 0 saturated carbocycles. The fourth-order valence-electron chi connectivity index (χ4n) is 4.91. The summed E-state index contributed by atoms with van der Waals surface area (Å²) in [7, 11) is -0.438. The lowest BCUT2D eigenvalue weighted by Gasteiger charge is -2.32. The summed E-state index contributed by atoms with van der Waals surface area (Å²) in [5.41, 5.74) is 6.86. The standard InChI is InChI=1S/C30H29BO3/c1-29(2)30(3,4)34-31(33-29)25-14-9-15-27-28(25)24-19-23(16-17-26(24)32-27)22-13-8-12-21(18-22)20-10-6-5-7-11-20/h6,8-19H,5,7H2,1-4H3. The van der Waals surface area contributed by atoms with E-state index in [2.05, 4.69) is 94.5 Å². The molecule has 1 aliphatic carbocycles. The molecule has 2 aliphatic rings. The van der Waals surface area contributed by atoms with Gasteiger partial charge >= 0.3 is 7.12 Å². The van der Waals surface area contributed by atoms with E-state index in [0.717, 1.165) is 40.2 Å². The average molecular weight is 448 g/mol. The number of benzene rings is 3. The minimum absolute atomic E-state index is 0.396. The topological polar surface area (TPSA) is 31.6 Å². The summed E-state index contributed by atoms with van der Waals surface area (Å²) in [5.74, 6) is 0. The van der Waals surface area contributed by atoms with Crippen molar-refractivity contribution in [3.8, 4) is 11.1 Å². The Kier molecular flexibility index (Phi) is 4.88. The molecule has 0 radical (unpaired) electrons. The highest BCUT2D eigenvalue weighted by Crippen LogP contribution is 2.39. The van der Waals surface area contributed by atoms with Crippen molar-refractivity contribution in [1.82, 2.24) is 0 Å². The smallest absolute Gasteiger partial charge is 0.456 e. The quantitative estimate of drug-likeness (QED) is 0.309. The summed E-state index contributed by atoms with van der Waals surface area (Å²) in [6, 6.07) is 21.4. The Labute approximate surface area is 201 Å². The van der Waals surface area contributed by atoms with Crippen molar-refractivity contribution in [3.63, 3.8) is 0 Å². The molecule has 0 spiro atoms. The zero-order chi connectivity index (χ0) is 23.5. The lowest BCUT2D eigenvalue weighted by molar-refractivity contribution is 0.00578. The van der Waals surface area contributed by atoms with Crippen molar-refractivity contribution < 1.29 is 13.7 Å². The summed E-state index contributed by atoms with van der Waals surface area (Å²) in [4.78, 5) is 0. The van der Waals surface area contributed by atoms with E-state index in [1.54, 1.807) is 0 Å². The van der Waals surface area contributed by atoms with Crippen LogP contribution in [0.15, 0.2) is 83.3 Å². The molecule has 2 heterocycles. The Balaban J connectivity index is 1.47. The minimum Gasteiger partial charge on any atom is -0.456 e. The molecular formula is C30H29BO3. The maximum absolute atomic E-state index is 6.40. The van der Waals surface area contributed by atoms with E-state index in [1.165, 1.54) is 22.3 Å². The van der Waals surface area contributed by atoms with Gasteiger partial charge in [-0.15, -0.1) is 0 Å². The summed E-state index contributed by atoms with van der Waals surface area (Å²) in [6.07, 6.45) is 9.03. The molecule has 4 heteroatoms. The van der Waals surface area contributed by atoms with Crippen LogP contribution in [0.25, 0.3) is 38.6 Å². The molecule has 0 bridgehead atoms. The van der Waals surface area contributed by atoms with Crippen LogP contribution in [0.1, 0.15) is 46.1 Å². The largest absolute Gasteiger partial charge is 0.495 e. The predicted octanol–water partition coefficient (Wildman–Crippen LogP) is 7.29. The molecular weight excluding hydrogens is 419 g/mol. The molecule has 170 valence electrons. The molecule has 34 heavy (non-hydrogen) atoms. The van der Waals surface area contributed by atoms with Crippen molar-refractivity contribution in [2.24, 2.45) is 0 Å². The van der Waals surface area contributed by atoms with Gasteiger partial charge in [-0.2, -0.15) is 0 Å². The Morgan fingerprint density at radius 2 is 1.47 bits per heavy atom. The first-order valence-electron chi connectivity index (χ1n) is 12.1. The van der Waals surface area contributed by atoms with Crippen molar-refractivity contribution in [3.05, 3.63) is 84.5 Å². The van der Waals surface area contributed by atoms with E-state index in [4.69, 9.17) is 13.7 Å². The summed E-state index contributed by atoms with van der Waals surface area (Å²) in [6.45, 7) is 8.34. The predicted molar refractivity (Wildman–Crippen MR) is 141 cm³/mol. The molecule has 1 aromatic heterocycles. The summed E-state index contributed by atoms with van der Waals surface area (Å²) < 4.78 is 19.0. The number of furan rings is 1. The fraction of sp³-hybridized carbons (Fsp3) is 0.267. The van der Waals surface area contributed by atoms with Gasteiger partial charge < -0.3 is 13.7 Å². The molecule has 1 saturated heterocycles. The van der Waals surface area contributed by atoms with Gasteiger partial charge in [0, 0.05) is 10.8 Å². The molecule has 0 atom stereocenters. The van der Waals surface area contributed by atoms with E-state index in [0.29, 0.717) is 0 Å². The average Bonchev–Trinajstić information content (AvgIpc) is 3.32. The Morgan fingerprint density at radius 3 is 2.24 bits per heavy atom. The maximum Gasteiger partial charge on any atom is 0.495 e. The molecule has 0 unspecified atom stereocenters. The monoisotopic (exact) mass is 448 g/mol. The van der Waals surface area contributed by atoms with Gasteiger partial charge in [0.05, 0.1) is 11.2 Å². The third-order valence-corrected chi connectivity index (χ3v) is 7.56. The SMILES string of the molecule is CC1(C)OB(c2cccc3oc4ccc(-c5cccc(C6=CCCC=C6)c5)cc4c23)OC1(C)C. The van der Waals surface area contributed by atoms with E-state index in [-0.39, 0.29) is 0 Å². The van der Waals surface area contributed by atoms with Crippen LogP contribution in [0.4, 0.5) is 0 Å². The van der Waals surface area contributed by atoms with E-state index < -0.39 is 18.3 Å². The van der Waals surface area contributed by atoms with Crippen LogP contribution in [-0.4, -0.2) is 18.3 Å². The second-order valence-corrected chi connectivity index (χ2v) is 10.3. The third-order valence-electron chi connectivity index (χ3n) is 7.56. The lowest BCUT2D eigenvalue weighted by Crippen LogP contribution is -2.41. The Morgan fingerprint density at radius 1 is 0.735 bits per heavy atom. The molecule has 1 fully saturated rings. The van der Waals surface area contributed by atoms with Crippen molar-refractivity contribution in [1.29, 1.82) is 0 Å². The van der Waals surface area contributed by atoms with Gasteiger partial charge in [0.15, 0.2) is 0 Å². The van der Waals surface area contributed by atoms with Crippen LogP contribution < -0.4 is 5.46 Å². The highest BCUT2D eigenvalue weighted by atomic mass is 16.7. The Bertz CT molecular complexity index is 1460. The van der Waals surface area contributed by atoms with Crippen molar-refractivity contribution in [2.45, 2.75) is 51.7 Å². The lowest BCUT2D eigenvalue weighted by atomic mass is 9.76. The maximum atomic E-state index is 6.40. The number of fused-ring (bicyclic) bond motifs is 3. The number of rotatable bonds is 3. The molecule has 6 rings (SSSR count). The first kappa shape index (κ1) is 21.5.